The fraction of sp³-hybridized carbons (Fsp3) is 0.417. The van der Waals surface area contributed by atoms with Gasteiger partial charge in [0.15, 0.2) is 0 Å². The van der Waals surface area contributed by atoms with Gasteiger partial charge in [-0.3, -0.25) is 4.98 Å². The minimum Gasteiger partial charge on any atom is -0.384 e. The fourth-order valence-electron chi connectivity index (χ4n) is 1.36. The van der Waals surface area contributed by atoms with Crippen molar-refractivity contribution in [3.8, 4) is 12.3 Å². The molecule has 1 unspecified atom stereocenters. The maximum absolute atomic E-state index is 12.6. The number of terminal acetylenes is 1. The maximum Gasteiger partial charge on any atom is 0.141 e. The van der Waals surface area contributed by atoms with Gasteiger partial charge in [0.2, 0.25) is 0 Å². The molecule has 1 aromatic rings. The van der Waals surface area contributed by atoms with E-state index in [1.54, 1.807) is 6.92 Å². The van der Waals surface area contributed by atoms with Crippen molar-refractivity contribution >= 4 is 0 Å². The van der Waals surface area contributed by atoms with Crippen molar-refractivity contribution < 1.29 is 9.50 Å². The van der Waals surface area contributed by atoms with Gasteiger partial charge < -0.3 is 5.11 Å². The molecule has 0 amide bonds. The molecule has 0 aliphatic carbocycles. The number of nitrogens with zero attached hydrogens (tertiary/aromatic N) is 1. The van der Waals surface area contributed by atoms with E-state index in [-0.39, 0.29) is 0 Å². The van der Waals surface area contributed by atoms with E-state index in [1.807, 2.05) is 0 Å². The summed E-state index contributed by atoms with van der Waals surface area (Å²) in [7, 11) is 0. The first-order chi connectivity index (χ1) is 7.06. The molecule has 1 heterocycles. The molecule has 1 rings (SSSR count). The molecule has 3 heteroatoms. The van der Waals surface area contributed by atoms with Crippen LogP contribution in [0.5, 0.6) is 0 Å². The minimum absolute atomic E-state index is 0.404. The third kappa shape index (κ3) is 3.34. The maximum atomic E-state index is 12.6. The molecule has 0 saturated heterocycles. The van der Waals surface area contributed by atoms with Gasteiger partial charge in [0.1, 0.15) is 11.4 Å². The Morgan fingerprint density at radius 3 is 2.87 bits per heavy atom. The molecule has 0 spiro atoms. The van der Waals surface area contributed by atoms with Crippen molar-refractivity contribution in [2.75, 3.05) is 0 Å². The van der Waals surface area contributed by atoms with Crippen molar-refractivity contribution in [3.63, 3.8) is 0 Å². The zero-order valence-electron chi connectivity index (χ0n) is 8.70. The van der Waals surface area contributed by atoms with E-state index in [9.17, 15) is 9.50 Å². The molecule has 0 radical (unpaired) electrons. The van der Waals surface area contributed by atoms with Gasteiger partial charge in [-0.15, -0.1) is 12.3 Å². The lowest BCUT2D eigenvalue weighted by molar-refractivity contribution is 0.0414. The second kappa shape index (κ2) is 4.90. The normalized spacial score (nSPS) is 14.3. The van der Waals surface area contributed by atoms with Crippen molar-refractivity contribution in [1.29, 1.82) is 0 Å². The Labute approximate surface area is 89.2 Å². The van der Waals surface area contributed by atoms with Crippen LogP contribution in [0.4, 0.5) is 4.39 Å². The number of aromatic nitrogens is 1. The molecule has 0 aromatic carbocycles. The smallest absolute Gasteiger partial charge is 0.141 e. The zero-order chi connectivity index (χ0) is 11.3. The highest BCUT2D eigenvalue weighted by Gasteiger charge is 2.23. The van der Waals surface area contributed by atoms with Crippen molar-refractivity contribution in [1.82, 2.24) is 4.98 Å². The van der Waals surface area contributed by atoms with E-state index in [0.717, 1.165) is 12.6 Å². The van der Waals surface area contributed by atoms with E-state index >= 15 is 0 Å². The van der Waals surface area contributed by atoms with Gasteiger partial charge in [0, 0.05) is 6.42 Å². The van der Waals surface area contributed by atoms with Gasteiger partial charge in [-0.25, -0.2) is 4.39 Å². The van der Waals surface area contributed by atoms with E-state index in [4.69, 9.17) is 6.42 Å². The molecule has 2 nitrogen and oxygen atoms in total. The van der Waals surface area contributed by atoms with Crippen LogP contribution in [0.15, 0.2) is 18.3 Å². The van der Waals surface area contributed by atoms with Crippen LogP contribution in [0.2, 0.25) is 0 Å². The molecule has 1 aromatic heterocycles. The van der Waals surface area contributed by atoms with Gasteiger partial charge in [0.25, 0.3) is 0 Å². The summed E-state index contributed by atoms with van der Waals surface area (Å²) in [6.45, 7) is 1.66. The Hall–Kier alpha value is -1.40. The first-order valence-corrected chi connectivity index (χ1v) is 4.84. The molecular formula is C12H14FNO. The van der Waals surface area contributed by atoms with Crippen molar-refractivity contribution in [2.24, 2.45) is 0 Å². The Kier molecular flexibility index (Phi) is 3.81. The van der Waals surface area contributed by atoms with Crippen LogP contribution >= 0.6 is 0 Å². The van der Waals surface area contributed by atoms with Crippen LogP contribution in [0.25, 0.3) is 0 Å². The fourth-order valence-corrected chi connectivity index (χ4v) is 1.36. The lowest BCUT2D eigenvalue weighted by atomic mass is 9.95. The van der Waals surface area contributed by atoms with Crippen LogP contribution in [-0.4, -0.2) is 10.1 Å². The Morgan fingerprint density at radius 2 is 2.33 bits per heavy atom. The molecule has 0 aliphatic rings. The monoisotopic (exact) mass is 207 g/mol. The summed E-state index contributed by atoms with van der Waals surface area (Å²) < 4.78 is 12.6. The van der Waals surface area contributed by atoms with Crippen LogP contribution in [0, 0.1) is 18.2 Å². The highest BCUT2D eigenvalue weighted by atomic mass is 19.1. The minimum atomic E-state index is -1.04. The summed E-state index contributed by atoms with van der Waals surface area (Å²) in [5.41, 5.74) is -0.564. The second-order valence-corrected chi connectivity index (χ2v) is 3.69. The van der Waals surface area contributed by atoms with Crippen LogP contribution in [0.1, 0.15) is 31.9 Å². The predicted molar refractivity (Wildman–Crippen MR) is 56.4 cm³/mol. The summed E-state index contributed by atoms with van der Waals surface area (Å²) >= 11 is 0. The molecule has 1 atom stereocenters. The van der Waals surface area contributed by atoms with Crippen LogP contribution in [0.3, 0.4) is 0 Å². The molecule has 0 saturated carbocycles. The molecule has 1 N–H and O–H groups in total. The molecule has 0 bridgehead atoms. The van der Waals surface area contributed by atoms with Gasteiger partial charge in [-0.2, -0.15) is 0 Å². The lowest BCUT2D eigenvalue weighted by Gasteiger charge is -2.22. The summed E-state index contributed by atoms with van der Waals surface area (Å²) in [6, 6.07) is 2.78. The average Bonchev–Trinajstić information content (AvgIpc) is 2.18. The number of unbranched alkanes of at least 4 members (excludes halogenated alkanes) is 1. The topological polar surface area (TPSA) is 33.1 Å². The van der Waals surface area contributed by atoms with Gasteiger partial charge in [-0.1, -0.05) is 0 Å². The highest BCUT2D eigenvalue weighted by molar-refractivity contribution is 5.12. The molecule has 0 fully saturated rings. The zero-order valence-corrected chi connectivity index (χ0v) is 8.70. The summed E-state index contributed by atoms with van der Waals surface area (Å²) in [5.74, 6) is 2.10. The average molecular weight is 207 g/mol. The third-order valence-corrected chi connectivity index (χ3v) is 2.26. The number of pyridine rings is 1. The lowest BCUT2D eigenvalue weighted by Crippen LogP contribution is -2.22. The SMILES string of the molecule is C#CCCCC(C)(O)c1ccc(F)cn1. The van der Waals surface area contributed by atoms with E-state index < -0.39 is 11.4 Å². The standard InChI is InChI=1S/C12H14FNO/c1-3-4-5-8-12(2,15)11-7-6-10(13)9-14-11/h1,6-7,9,15H,4-5,8H2,2H3. The largest absolute Gasteiger partial charge is 0.384 e. The number of hydrogen-bond donors (Lipinski definition) is 1. The predicted octanol–water partition coefficient (Wildman–Crippen LogP) is 2.23. The Bertz CT molecular complexity index is 351. The number of halogens is 1. The summed E-state index contributed by atoms with van der Waals surface area (Å²) in [5, 5.41) is 10.0. The Morgan fingerprint density at radius 1 is 1.60 bits per heavy atom. The molecular weight excluding hydrogens is 193 g/mol. The molecule has 15 heavy (non-hydrogen) atoms. The van der Waals surface area contributed by atoms with E-state index in [1.165, 1.54) is 12.1 Å². The van der Waals surface area contributed by atoms with Gasteiger partial charge >= 0.3 is 0 Å². The second-order valence-electron chi connectivity index (χ2n) is 3.69. The first kappa shape index (κ1) is 11.7. The summed E-state index contributed by atoms with van der Waals surface area (Å²) in [6.07, 6.45) is 8.09. The van der Waals surface area contributed by atoms with Gasteiger partial charge in [-0.05, 0) is 31.9 Å². The highest BCUT2D eigenvalue weighted by Crippen LogP contribution is 2.24. The Balaban J connectivity index is 2.68. The third-order valence-electron chi connectivity index (χ3n) is 2.26. The molecule has 0 aliphatic heterocycles. The quantitative estimate of drug-likeness (QED) is 0.606. The number of hydrogen-bond acceptors (Lipinski definition) is 2. The first-order valence-electron chi connectivity index (χ1n) is 4.84. The van der Waals surface area contributed by atoms with Crippen molar-refractivity contribution in [2.45, 2.75) is 31.8 Å². The van der Waals surface area contributed by atoms with Gasteiger partial charge in [0.05, 0.1) is 11.9 Å². The van der Waals surface area contributed by atoms with E-state index in [0.29, 0.717) is 18.5 Å². The molecule has 80 valence electrons. The number of rotatable bonds is 4. The van der Waals surface area contributed by atoms with Crippen LogP contribution in [-0.2, 0) is 5.60 Å². The van der Waals surface area contributed by atoms with Crippen LogP contribution < -0.4 is 0 Å². The van der Waals surface area contributed by atoms with E-state index in [2.05, 4.69) is 10.9 Å². The number of aliphatic hydroxyl groups is 1. The summed E-state index contributed by atoms with van der Waals surface area (Å²) in [4.78, 5) is 3.85. The van der Waals surface area contributed by atoms with Crippen molar-refractivity contribution in [3.05, 3.63) is 29.8 Å².